The van der Waals surface area contributed by atoms with Crippen LogP contribution >= 0.6 is 12.2 Å². The number of nitrogens with one attached hydrogen (secondary N) is 2. The van der Waals surface area contributed by atoms with Crippen LogP contribution in [0.1, 0.15) is 66.7 Å². The molecule has 6 nitrogen and oxygen atoms in total. The van der Waals surface area contributed by atoms with Crippen molar-refractivity contribution in [1.29, 1.82) is 0 Å². The summed E-state index contributed by atoms with van der Waals surface area (Å²) in [6, 6.07) is 2.67. The number of piperidine rings is 2. The summed E-state index contributed by atoms with van der Waals surface area (Å²) in [4.78, 5) is 14.5. The molecule has 0 aliphatic carbocycles. The van der Waals surface area contributed by atoms with E-state index >= 15 is 0 Å². The van der Waals surface area contributed by atoms with Gasteiger partial charge in [0.15, 0.2) is 5.11 Å². The van der Waals surface area contributed by atoms with E-state index in [1.165, 1.54) is 32.1 Å². The minimum absolute atomic E-state index is 0.102. The molecular weight excluding hydrogens is 368 g/mol. The van der Waals surface area contributed by atoms with Gasteiger partial charge in [-0.25, -0.2) is 0 Å². The van der Waals surface area contributed by atoms with Crippen LogP contribution in [-0.2, 0) is 0 Å². The topological polar surface area (TPSA) is 56.3 Å². The summed E-state index contributed by atoms with van der Waals surface area (Å²) in [6.45, 7) is 14.1. The lowest BCUT2D eigenvalue weighted by Gasteiger charge is -2.36. The van der Waals surface area contributed by atoms with E-state index in [0.717, 1.165) is 37.2 Å². The molecule has 2 N–H and O–H groups in total. The lowest BCUT2D eigenvalue weighted by Crippen LogP contribution is -2.43. The van der Waals surface area contributed by atoms with Crippen LogP contribution in [0.15, 0.2) is 6.07 Å². The zero-order valence-corrected chi connectivity index (χ0v) is 18.9. The van der Waals surface area contributed by atoms with Crippen LogP contribution in [0.4, 0.5) is 17.6 Å². The predicted octanol–water partition coefficient (Wildman–Crippen LogP) is 4.18. The third kappa shape index (κ3) is 5.69. The smallest absolute Gasteiger partial charge is 0.232 e. The highest BCUT2D eigenvalue weighted by Gasteiger charge is 2.24. The maximum Gasteiger partial charge on any atom is 0.232 e. The van der Waals surface area contributed by atoms with E-state index < -0.39 is 0 Å². The second kappa shape index (κ2) is 8.80. The molecular formula is C21H36N6S. The van der Waals surface area contributed by atoms with Crippen molar-refractivity contribution in [2.45, 2.75) is 78.3 Å². The average molecular weight is 405 g/mol. The van der Waals surface area contributed by atoms with E-state index in [0.29, 0.717) is 17.1 Å². The second-order valence-electron chi connectivity index (χ2n) is 9.44. The fourth-order valence-corrected chi connectivity index (χ4v) is 4.33. The molecule has 2 saturated heterocycles. The van der Waals surface area contributed by atoms with Crippen molar-refractivity contribution in [3.8, 4) is 0 Å². The zero-order chi connectivity index (χ0) is 20.3. The van der Waals surface area contributed by atoms with Gasteiger partial charge < -0.3 is 20.4 Å². The second-order valence-corrected chi connectivity index (χ2v) is 9.85. The minimum Gasteiger partial charge on any atom is -0.358 e. The van der Waals surface area contributed by atoms with E-state index in [1.54, 1.807) is 0 Å². The third-order valence-electron chi connectivity index (χ3n) is 5.62. The number of aromatic nitrogens is 2. The Kier molecular flexibility index (Phi) is 6.63. The fourth-order valence-electron chi connectivity index (χ4n) is 3.94. The number of hydrogen-bond acceptors (Lipinski definition) is 5. The van der Waals surface area contributed by atoms with Crippen LogP contribution in [0, 0.1) is 5.92 Å². The van der Waals surface area contributed by atoms with Gasteiger partial charge in [0, 0.05) is 37.3 Å². The first-order valence-electron chi connectivity index (χ1n) is 10.7. The molecule has 7 heteroatoms. The molecule has 3 rings (SSSR count). The summed E-state index contributed by atoms with van der Waals surface area (Å²) in [5.74, 6) is 3.40. The maximum atomic E-state index is 5.49. The highest BCUT2D eigenvalue weighted by Crippen LogP contribution is 2.29. The molecule has 1 aromatic rings. The molecule has 0 bridgehead atoms. The number of rotatable bonds is 3. The van der Waals surface area contributed by atoms with Gasteiger partial charge in [0.05, 0.1) is 0 Å². The maximum absolute atomic E-state index is 5.49. The highest BCUT2D eigenvalue weighted by molar-refractivity contribution is 7.80. The molecule has 0 amide bonds. The monoisotopic (exact) mass is 404 g/mol. The van der Waals surface area contributed by atoms with Gasteiger partial charge in [-0.3, -0.25) is 0 Å². The lowest BCUT2D eigenvalue weighted by molar-refractivity contribution is 0.436. The van der Waals surface area contributed by atoms with E-state index in [1.807, 2.05) is 0 Å². The summed E-state index contributed by atoms with van der Waals surface area (Å²) >= 11 is 5.49. The predicted molar refractivity (Wildman–Crippen MR) is 122 cm³/mol. The number of thiocarbonyl (C=S) groups is 1. The van der Waals surface area contributed by atoms with E-state index in [9.17, 15) is 0 Å². The quantitative estimate of drug-likeness (QED) is 0.733. The first kappa shape index (κ1) is 21.1. The summed E-state index contributed by atoms with van der Waals surface area (Å²) in [5.41, 5.74) is -0.102. The molecule has 1 unspecified atom stereocenters. The van der Waals surface area contributed by atoms with Crippen LogP contribution in [-0.4, -0.2) is 46.3 Å². The average Bonchev–Trinajstić information content (AvgIpc) is 2.60. The Balaban J connectivity index is 1.86. The molecule has 0 spiro atoms. The lowest BCUT2D eigenvalue weighted by atomic mass is 9.99. The molecule has 0 saturated carbocycles. The third-order valence-corrected chi connectivity index (χ3v) is 5.82. The molecule has 0 radical (unpaired) electrons. The summed E-state index contributed by atoms with van der Waals surface area (Å²) in [6.07, 6.45) is 6.16. The van der Waals surface area contributed by atoms with Crippen molar-refractivity contribution < 1.29 is 0 Å². The molecule has 28 heavy (non-hydrogen) atoms. The molecule has 2 aliphatic rings. The largest absolute Gasteiger partial charge is 0.358 e. The van der Waals surface area contributed by atoms with E-state index in [-0.39, 0.29) is 5.54 Å². The summed E-state index contributed by atoms with van der Waals surface area (Å²) in [5, 5.41) is 7.08. The summed E-state index contributed by atoms with van der Waals surface area (Å²) in [7, 11) is 0. The highest BCUT2D eigenvalue weighted by atomic mass is 32.1. The Morgan fingerprint density at radius 1 is 1.04 bits per heavy atom. The molecule has 3 heterocycles. The molecule has 2 aliphatic heterocycles. The Morgan fingerprint density at radius 3 is 2.36 bits per heavy atom. The molecule has 156 valence electrons. The zero-order valence-electron chi connectivity index (χ0n) is 18.1. The Hall–Kier alpha value is -1.63. The molecule has 2 fully saturated rings. The van der Waals surface area contributed by atoms with E-state index in [2.05, 4.69) is 61.1 Å². The van der Waals surface area contributed by atoms with Gasteiger partial charge in [-0.15, -0.1) is 0 Å². The standard InChI is InChI=1S/C21H36N6S/c1-15-9-12-26(13-10-15)17-14-18(27-11-7-6-8-16(27)2)23-19(22-17)24-20(28)25-21(3,4)5/h14-16H,6-13H2,1-5H3,(H2,22,23,24,25,28). The van der Waals surface area contributed by atoms with Gasteiger partial charge in [-0.2, -0.15) is 9.97 Å². The Morgan fingerprint density at radius 2 is 1.71 bits per heavy atom. The van der Waals surface area contributed by atoms with Gasteiger partial charge >= 0.3 is 0 Å². The van der Waals surface area contributed by atoms with Crippen molar-refractivity contribution in [3.63, 3.8) is 0 Å². The van der Waals surface area contributed by atoms with Crippen molar-refractivity contribution in [2.24, 2.45) is 5.92 Å². The van der Waals surface area contributed by atoms with Crippen LogP contribution in [0.2, 0.25) is 0 Å². The Labute approximate surface area is 175 Å². The van der Waals surface area contributed by atoms with Crippen LogP contribution in [0.3, 0.4) is 0 Å². The molecule has 1 aromatic heterocycles. The van der Waals surface area contributed by atoms with Crippen LogP contribution in [0.25, 0.3) is 0 Å². The van der Waals surface area contributed by atoms with Crippen molar-refractivity contribution in [2.75, 3.05) is 34.8 Å². The van der Waals surface area contributed by atoms with Crippen molar-refractivity contribution >= 4 is 34.9 Å². The van der Waals surface area contributed by atoms with Crippen molar-refractivity contribution in [3.05, 3.63) is 6.07 Å². The van der Waals surface area contributed by atoms with Gasteiger partial charge in [0.1, 0.15) is 11.6 Å². The molecule has 0 aromatic carbocycles. The number of nitrogens with zero attached hydrogens (tertiary/aromatic N) is 4. The first-order chi connectivity index (χ1) is 13.2. The first-order valence-corrected chi connectivity index (χ1v) is 11.1. The Bertz CT molecular complexity index is 678. The van der Waals surface area contributed by atoms with E-state index in [4.69, 9.17) is 22.2 Å². The van der Waals surface area contributed by atoms with Gasteiger partial charge in [-0.05, 0) is 77.9 Å². The summed E-state index contributed by atoms with van der Waals surface area (Å²) < 4.78 is 0. The number of anilines is 3. The van der Waals surface area contributed by atoms with Gasteiger partial charge in [-0.1, -0.05) is 6.92 Å². The van der Waals surface area contributed by atoms with Crippen molar-refractivity contribution in [1.82, 2.24) is 15.3 Å². The minimum atomic E-state index is -0.102. The SMILES string of the molecule is CC1CCN(c2cc(N3CCCCC3C)nc(NC(=S)NC(C)(C)C)n2)CC1. The van der Waals surface area contributed by atoms with Gasteiger partial charge in [0.25, 0.3) is 0 Å². The van der Waals surface area contributed by atoms with Crippen LogP contribution in [0.5, 0.6) is 0 Å². The molecule has 1 atom stereocenters. The van der Waals surface area contributed by atoms with Crippen LogP contribution < -0.4 is 20.4 Å². The normalized spacial score (nSPS) is 21.5. The number of hydrogen-bond donors (Lipinski definition) is 2. The fraction of sp³-hybridized carbons (Fsp3) is 0.762. The van der Waals surface area contributed by atoms with Gasteiger partial charge in [0.2, 0.25) is 5.95 Å².